The average Bonchev–Trinajstić information content (AvgIpc) is 3.11. The maximum atomic E-state index is 2.31. The van der Waals surface area contributed by atoms with Gasteiger partial charge >= 0.3 is 29.9 Å². The topological polar surface area (TPSA) is 0 Å². The summed E-state index contributed by atoms with van der Waals surface area (Å²) in [4.78, 5) is 0. The Bertz CT molecular complexity index is 519. The zero-order chi connectivity index (χ0) is 17.3. The van der Waals surface area contributed by atoms with Crippen LogP contribution in [0, 0.1) is 13.8 Å². The van der Waals surface area contributed by atoms with Crippen molar-refractivity contribution in [1.29, 1.82) is 0 Å². The Morgan fingerprint density at radius 2 is 1.50 bits per heavy atom. The fourth-order valence-corrected chi connectivity index (χ4v) is 2.31. The molecule has 0 saturated carbocycles. The third-order valence-corrected chi connectivity index (χ3v) is 4.12. The normalized spacial score (nSPS) is 9.29. The molecule has 0 aliphatic rings. The molecule has 24 heavy (non-hydrogen) atoms. The van der Waals surface area contributed by atoms with E-state index in [1.165, 1.54) is 57.2 Å². The molecule has 0 fully saturated rings. The number of hydrogen-bond donors (Lipinski definition) is 0. The van der Waals surface area contributed by atoms with E-state index in [1.54, 1.807) is 0 Å². The van der Waals surface area contributed by atoms with Gasteiger partial charge in [-0.15, -0.1) is 0 Å². The molecule has 0 aromatic heterocycles. The van der Waals surface area contributed by atoms with E-state index in [-0.39, 0.29) is 24.8 Å². The monoisotopic (exact) mass is 550 g/mol. The summed E-state index contributed by atoms with van der Waals surface area (Å²) in [5.74, 6) is 1.34. The van der Waals surface area contributed by atoms with Gasteiger partial charge in [0.1, 0.15) is 0 Å². The third-order valence-electron chi connectivity index (χ3n) is 4.12. The predicted octanol–water partition coefficient (Wildman–Crippen LogP) is -0.674. The molecule has 0 bridgehead atoms. The summed E-state index contributed by atoms with van der Waals surface area (Å²) >= 11 is 1.33. The second kappa shape index (κ2) is 15.6. The summed E-state index contributed by atoms with van der Waals surface area (Å²) in [6, 6.07) is 11.2. The maximum absolute atomic E-state index is 2.31. The first-order valence-corrected chi connectivity index (χ1v) is 16.5. The molecular formula is C20H32Cl2HfSi-2. The van der Waals surface area contributed by atoms with Crippen molar-refractivity contribution in [3.8, 4) is 0 Å². The van der Waals surface area contributed by atoms with E-state index in [9.17, 15) is 0 Å². The Labute approximate surface area is 178 Å². The fraction of sp³-hybridized carbons (Fsp3) is 0.500. The van der Waals surface area contributed by atoms with Crippen LogP contribution in [0.4, 0.5) is 0 Å². The van der Waals surface area contributed by atoms with Gasteiger partial charge in [0.25, 0.3) is 0 Å². The van der Waals surface area contributed by atoms with Crippen LogP contribution in [0.5, 0.6) is 0 Å². The van der Waals surface area contributed by atoms with E-state index in [2.05, 4.69) is 78.8 Å². The van der Waals surface area contributed by atoms with Crippen LogP contribution in [-0.4, -0.2) is 6.94 Å². The van der Waals surface area contributed by atoms with Gasteiger partial charge in [-0.25, -0.2) is 6.07 Å². The van der Waals surface area contributed by atoms with E-state index < -0.39 is 0 Å². The van der Waals surface area contributed by atoms with Crippen molar-refractivity contribution in [1.82, 2.24) is 0 Å². The Hall–Kier alpha value is 0.367. The van der Waals surface area contributed by atoms with Gasteiger partial charge in [0.2, 0.25) is 0 Å². The van der Waals surface area contributed by atoms with Crippen molar-refractivity contribution < 1.29 is 47.8 Å². The fourth-order valence-electron chi connectivity index (χ4n) is 2.31. The van der Waals surface area contributed by atoms with Crippen LogP contribution in [0.15, 0.2) is 30.3 Å². The quantitative estimate of drug-likeness (QED) is 0.352. The molecule has 2 aromatic rings. The van der Waals surface area contributed by atoms with Crippen molar-refractivity contribution in [2.45, 2.75) is 66.7 Å². The Morgan fingerprint density at radius 1 is 0.958 bits per heavy atom. The molecular weight excluding hydrogens is 518 g/mol. The number of halogens is 2. The van der Waals surface area contributed by atoms with Crippen molar-refractivity contribution >= 4 is 6.94 Å². The van der Waals surface area contributed by atoms with Crippen molar-refractivity contribution in [2.24, 2.45) is 0 Å². The summed E-state index contributed by atoms with van der Waals surface area (Å²) < 4.78 is 0. The van der Waals surface area contributed by atoms with E-state index in [0.717, 1.165) is 0 Å². The van der Waals surface area contributed by atoms with Crippen molar-refractivity contribution in [2.75, 3.05) is 0 Å². The van der Waals surface area contributed by atoms with Gasteiger partial charge in [0.15, 0.2) is 0 Å². The molecule has 0 nitrogen and oxygen atoms in total. The van der Waals surface area contributed by atoms with Crippen molar-refractivity contribution in [3.63, 3.8) is 0 Å². The average molecular weight is 550 g/mol. The standard InChI is InChI=1S/C11H17.C9H13.2ClH.Hf.H2Si/c1-8(2)10-5-6-11(7-10)9(3)4;1-4-9-6-5-7(2)8(9)3;;;;/h5-9H,1-4H3;5-6H,4H2,1-3H3;2*1H;;1H2/q2*-1;;;+2;/p-2. The van der Waals surface area contributed by atoms with Crippen LogP contribution in [-0.2, 0) is 29.4 Å². The van der Waals surface area contributed by atoms with Gasteiger partial charge in [-0.1, -0.05) is 60.8 Å². The Balaban J connectivity index is -0.000000313. The number of rotatable bonds is 3. The molecule has 0 aliphatic heterocycles. The Morgan fingerprint density at radius 3 is 1.71 bits per heavy atom. The second-order valence-corrected chi connectivity index (χ2v) is 6.31. The minimum atomic E-state index is 0. The predicted molar refractivity (Wildman–Crippen MR) is 99.6 cm³/mol. The van der Waals surface area contributed by atoms with Gasteiger partial charge in [0.05, 0.1) is 0 Å². The minimum absolute atomic E-state index is 0. The second-order valence-electron chi connectivity index (χ2n) is 6.31. The third kappa shape index (κ3) is 9.75. The molecule has 0 spiro atoms. The molecule has 2 aromatic carbocycles. The number of aryl methyl sites for hydroxylation is 2. The van der Waals surface area contributed by atoms with Crippen LogP contribution in [0.2, 0.25) is 0 Å². The molecule has 0 atom stereocenters. The molecule has 0 N–H and O–H groups in total. The zero-order valence-corrected chi connectivity index (χ0v) is 22.7. The molecule has 0 amide bonds. The molecule has 0 aliphatic carbocycles. The van der Waals surface area contributed by atoms with Crippen LogP contribution >= 0.6 is 0 Å². The first-order chi connectivity index (χ1) is 10.4. The number of hydrogen-bond acceptors (Lipinski definition) is 0. The Kier molecular flexibility index (Phi) is 19.0. The zero-order valence-electron chi connectivity index (χ0n) is 16.2. The van der Waals surface area contributed by atoms with Crippen molar-refractivity contribution in [3.05, 3.63) is 58.1 Å². The van der Waals surface area contributed by atoms with Gasteiger partial charge in [-0.05, 0) is 5.92 Å². The summed E-state index contributed by atoms with van der Waals surface area (Å²) in [5, 5.41) is 0. The molecule has 0 radical (unpaired) electrons. The van der Waals surface area contributed by atoms with Gasteiger partial charge in [-0.2, -0.15) is 52.1 Å². The molecule has 2 rings (SSSR count). The van der Waals surface area contributed by atoms with Gasteiger partial charge < -0.3 is 24.8 Å². The van der Waals surface area contributed by atoms with Gasteiger partial charge in [-0.3, -0.25) is 0 Å². The van der Waals surface area contributed by atoms with Crippen LogP contribution in [0.1, 0.15) is 74.3 Å². The first kappa shape index (κ1) is 29.1. The molecule has 4 heteroatoms. The molecule has 0 saturated heterocycles. The summed E-state index contributed by atoms with van der Waals surface area (Å²) in [7, 11) is 0. The molecule has 0 unspecified atom stereocenters. The summed E-state index contributed by atoms with van der Waals surface area (Å²) in [6.07, 6.45) is 1.17. The first-order valence-electron chi connectivity index (χ1n) is 8.20. The van der Waals surface area contributed by atoms with E-state index >= 15 is 0 Å². The van der Waals surface area contributed by atoms with E-state index in [4.69, 9.17) is 0 Å². The van der Waals surface area contributed by atoms with Crippen LogP contribution < -0.4 is 24.8 Å². The van der Waals surface area contributed by atoms with E-state index in [0.29, 0.717) is 11.8 Å². The molecule has 0 heterocycles. The van der Waals surface area contributed by atoms with E-state index in [1.807, 2.05) is 6.94 Å². The van der Waals surface area contributed by atoms with Crippen LogP contribution in [0.3, 0.4) is 0 Å². The summed E-state index contributed by atoms with van der Waals surface area (Å²) in [5.41, 5.74) is 7.32. The summed E-state index contributed by atoms with van der Waals surface area (Å²) in [6.45, 7) is 17.5. The molecule has 136 valence electrons. The SMILES string of the molecule is CC(C)c1c[cH-]c(C(C)C)c1.CCc1c[cH-]c(C)c1C.[Cl-].[Cl-].[SiH2]=[Hf+2]. The van der Waals surface area contributed by atoms with Gasteiger partial charge in [0, 0.05) is 0 Å². The van der Waals surface area contributed by atoms with Crippen LogP contribution in [0.25, 0.3) is 0 Å².